The molecular formula is C21H40N2. The molecule has 2 nitrogen and oxygen atoms in total. The van der Waals surface area contributed by atoms with Crippen molar-refractivity contribution in [2.45, 2.75) is 117 Å². The van der Waals surface area contributed by atoms with Crippen molar-refractivity contribution in [3.05, 3.63) is 17.2 Å². The van der Waals surface area contributed by atoms with Crippen LogP contribution in [0.25, 0.3) is 0 Å². The van der Waals surface area contributed by atoms with Crippen molar-refractivity contribution in [3.8, 4) is 0 Å². The van der Waals surface area contributed by atoms with Gasteiger partial charge in [-0.3, -0.25) is 0 Å². The van der Waals surface area contributed by atoms with Gasteiger partial charge >= 0.3 is 0 Å². The third-order valence-electron chi connectivity index (χ3n) is 5.04. The van der Waals surface area contributed by atoms with Gasteiger partial charge in [0.2, 0.25) is 0 Å². The first-order valence-corrected chi connectivity index (χ1v) is 9.57. The number of aromatic amines is 1. The number of H-pyrrole nitrogens is 1. The van der Waals surface area contributed by atoms with Crippen molar-refractivity contribution < 1.29 is 0 Å². The minimum Gasteiger partial charge on any atom is -0.345 e. The van der Waals surface area contributed by atoms with Crippen molar-refractivity contribution in [2.75, 3.05) is 0 Å². The molecule has 0 saturated heterocycles. The van der Waals surface area contributed by atoms with Crippen LogP contribution in [0.4, 0.5) is 0 Å². The average molecular weight is 321 g/mol. The molecule has 1 heterocycles. The molecule has 0 atom stereocenters. The lowest BCUT2D eigenvalue weighted by atomic mass is 9.78. The molecule has 1 N–H and O–H groups in total. The highest BCUT2D eigenvalue weighted by atomic mass is 15.0. The Morgan fingerprint density at radius 3 is 1.70 bits per heavy atom. The van der Waals surface area contributed by atoms with E-state index in [1.54, 1.807) is 0 Å². The summed E-state index contributed by atoms with van der Waals surface area (Å²) in [7, 11) is 0. The van der Waals surface area contributed by atoms with Gasteiger partial charge in [-0.25, -0.2) is 4.98 Å². The summed E-state index contributed by atoms with van der Waals surface area (Å²) in [6.45, 7) is 20.8. The van der Waals surface area contributed by atoms with Crippen LogP contribution in [0.1, 0.15) is 118 Å². The van der Waals surface area contributed by atoms with E-state index in [0.717, 1.165) is 0 Å². The maximum Gasteiger partial charge on any atom is 0.112 e. The van der Waals surface area contributed by atoms with Gasteiger partial charge in [-0.2, -0.15) is 0 Å². The first kappa shape index (κ1) is 20.3. The first-order chi connectivity index (χ1) is 10.5. The summed E-state index contributed by atoms with van der Waals surface area (Å²) in [6.07, 6.45) is 7.42. The molecule has 0 unspecified atom stereocenters. The summed E-state index contributed by atoms with van der Waals surface area (Å²) in [5.74, 6) is 1.18. The second-order valence-corrected chi connectivity index (χ2v) is 9.53. The van der Waals surface area contributed by atoms with Crippen LogP contribution in [0.15, 0.2) is 0 Å². The molecule has 1 aromatic rings. The Kier molecular flexibility index (Phi) is 6.52. The fourth-order valence-corrected chi connectivity index (χ4v) is 3.21. The summed E-state index contributed by atoms with van der Waals surface area (Å²) >= 11 is 0. The highest BCUT2D eigenvalue weighted by molar-refractivity contribution is 5.30. The molecule has 0 saturated carbocycles. The number of hydrogen-bond acceptors (Lipinski definition) is 1. The molecule has 1 aromatic heterocycles. The number of unbranched alkanes of at least 4 members (excludes halogenated alkanes) is 2. The Balaban J connectivity index is 3.29. The molecule has 0 spiro atoms. The summed E-state index contributed by atoms with van der Waals surface area (Å²) in [5, 5.41) is 0. The SMILES string of the molecule is CCCCC(C)(C)c1nc(C(C)(C)C)c(C(C)(C)CCCC)[nH]1. The number of nitrogens with zero attached hydrogens (tertiary/aromatic N) is 1. The zero-order valence-corrected chi connectivity index (χ0v) is 17.2. The number of aromatic nitrogens is 2. The average Bonchev–Trinajstić information content (AvgIpc) is 2.90. The Bertz CT molecular complexity index is 486. The van der Waals surface area contributed by atoms with Crippen molar-refractivity contribution in [1.82, 2.24) is 9.97 Å². The van der Waals surface area contributed by atoms with Crippen molar-refractivity contribution in [1.29, 1.82) is 0 Å². The lowest BCUT2D eigenvalue weighted by molar-refractivity contribution is 0.421. The van der Waals surface area contributed by atoms with Gasteiger partial charge in [0.05, 0.1) is 5.69 Å². The van der Waals surface area contributed by atoms with Crippen LogP contribution in [0.3, 0.4) is 0 Å². The van der Waals surface area contributed by atoms with Gasteiger partial charge in [0.15, 0.2) is 0 Å². The van der Waals surface area contributed by atoms with Crippen molar-refractivity contribution >= 4 is 0 Å². The molecule has 0 fully saturated rings. The summed E-state index contributed by atoms with van der Waals surface area (Å²) in [4.78, 5) is 8.90. The molecule has 0 radical (unpaired) electrons. The van der Waals surface area contributed by atoms with Gasteiger partial charge in [0.25, 0.3) is 0 Å². The second-order valence-electron chi connectivity index (χ2n) is 9.53. The molecule has 23 heavy (non-hydrogen) atoms. The van der Waals surface area contributed by atoms with E-state index in [0.29, 0.717) is 0 Å². The van der Waals surface area contributed by atoms with E-state index in [2.05, 4.69) is 67.3 Å². The zero-order valence-electron chi connectivity index (χ0n) is 17.2. The van der Waals surface area contributed by atoms with Crippen LogP contribution in [-0.4, -0.2) is 9.97 Å². The highest BCUT2D eigenvalue weighted by Gasteiger charge is 2.34. The van der Waals surface area contributed by atoms with E-state index in [1.165, 1.54) is 55.7 Å². The maximum absolute atomic E-state index is 5.12. The van der Waals surface area contributed by atoms with E-state index in [1.807, 2.05) is 0 Å². The minimum atomic E-state index is 0.0778. The summed E-state index contributed by atoms with van der Waals surface area (Å²) in [5.41, 5.74) is 2.98. The summed E-state index contributed by atoms with van der Waals surface area (Å²) in [6, 6.07) is 0. The Morgan fingerprint density at radius 2 is 1.26 bits per heavy atom. The molecule has 134 valence electrons. The molecular weight excluding hydrogens is 280 g/mol. The van der Waals surface area contributed by atoms with Crippen molar-refractivity contribution in [3.63, 3.8) is 0 Å². The van der Waals surface area contributed by atoms with E-state index in [4.69, 9.17) is 4.98 Å². The van der Waals surface area contributed by atoms with Crippen LogP contribution in [-0.2, 0) is 16.2 Å². The Hall–Kier alpha value is -0.790. The molecule has 0 aliphatic rings. The van der Waals surface area contributed by atoms with Crippen LogP contribution >= 0.6 is 0 Å². The molecule has 1 rings (SSSR count). The van der Waals surface area contributed by atoms with Crippen LogP contribution in [0.5, 0.6) is 0 Å². The topological polar surface area (TPSA) is 28.7 Å². The fourth-order valence-electron chi connectivity index (χ4n) is 3.21. The number of imidazole rings is 1. The lowest BCUT2D eigenvalue weighted by Crippen LogP contribution is -2.24. The Morgan fingerprint density at radius 1 is 0.783 bits per heavy atom. The number of rotatable bonds is 8. The quantitative estimate of drug-likeness (QED) is 0.571. The van der Waals surface area contributed by atoms with Crippen molar-refractivity contribution in [2.24, 2.45) is 0 Å². The van der Waals surface area contributed by atoms with Gasteiger partial charge in [-0.05, 0) is 12.8 Å². The normalized spacial score (nSPS) is 13.6. The highest BCUT2D eigenvalue weighted by Crippen LogP contribution is 2.38. The maximum atomic E-state index is 5.12. The molecule has 0 bridgehead atoms. The lowest BCUT2D eigenvalue weighted by Gasteiger charge is -2.28. The second kappa shape index (κ2) is 7.40. The van der Waals surface area contributed by atoms with Crippen LogP contribution in [0.2, 0.25) is 0 Å². The Labute approximate surface area is 144 Å². The van der Waals surface area contributed by atoms with Crippen LogP contribution in [0, 0.1) is 0 Å². The van der Waals surface area contributed by atoms with E-state index in [-0.39, 0.29) is 16.2 Å². The third-order valence-corrected chi connectivity index (χ3v) is 5.04. The fraction of sp³-hybridized carbons (Fsp3) is 0.857. The van der Waals surface area contributed by atoms with Gasteiger partial charge in [-0.1, -0.05) is 88.0 Å². The molecule has 0 aromatic carbocycles. The predicted octanol–water partition coefficient (Wildman–Crippen LogP) is 6.64. The molecule has 0 aliphatic heterocycles. The van der Waals surface area contributed by atoms with Gasteiger partial charge in [0.1, 0.15) is 5.82 Å². The van der Waals surface area contributed by atoms with Crippen LogP contribution < -0.4 is 0 Å². The van der Waals surface area contributed by atoms with E-state index < -0.39 is 0 Å². The van der Waals surface area contributed by atoms with Gasteiger partial charge in [0, 0.05) is 21.9 Å². The largest absolute Gasteiger partial charge is 0.345 e. The molecule has 0 aliphatic carbocycles. The monoisotopic (exact) mass is 320 g/mol. The minimum absolute atomic E-state index is 0.0778. The van der Waals surface area contributed by atoms with Gasteiger partial charge < -0.3 is 4.98 Å². The number of hydrogen-bond donors (Lipinski definition) is 1. The first-order valence-electron chi connectivity index (χ1n) is 9.57. The smallest absolute Gasteiger partial charge is 0.112 e. The van der Waals surface area contributed by atoms with E-state index >= 15 is 0 Å². The predicted molar refractivity (Wildman–Crippen MR) is 102 cm³/mol. The van der Waals surface area contributed by atoms with Gasteiger partial charge in [-0.15, -0.1) is 0 Å². The molecule has 2 heteroatoms. The zero-order chi connectivity index (χ0) is 17.9. The third kappa shape index (κ3) is 5.09. The summed E-state index contributed by atoms with van der Waals surface area (Å²) < 4.78 is 0. The van der Waals surface area contributed by atoms with E-state index in [9.17, 15) is 0 Å². The molecule has 0 amide bonds. The number of nitrogens with one attached hydrogen (secondary N) is 1. The standard InChI is InChI=1S/C21H40N2/c1-10-12-14-20(6,7)17-16(19(3,4)5)22-18(23-17)21(8,9)15-13-11-2/h10-15H2,1-9H3,(H,22,23).